The summed E-state index contributed by atoms with van der Waals surface area (Å²) in [5.41, 5.74) is 4.05. The zero-order valence-corrected chi connectivity index (χ0v) is 7.95. The molecule has 0 aromatic heterocycles. The molecule has 0 aromatic rings. The van der Waals surface area contributed by atoms with E-state index in [1.165, 1.54) is 6.92 Å². The quantitative estimate of drug-likeness (QED) is 0.735. The fourth-order valence-corrected chi connectivity index (χ4v) is 1.29. The molecule has 1 unspecified atom stereocenters. The Morgan fingerprint density at radius 1 is 1.31 bits per heavy atom. The van der Waals surface area contributed by atoms with E-state index in [1.54, 1.807) is 6.92 Å². The Kier molecular flexibility index (Phi) is 4.70. The number of hydrogen-bond donors (Lipinski definition) is 1. The summed E-state index contributed by atoms with van der Waals surface area (Å²) in [5, 5.41) is 0. The van der Waals surface area contributed by atoms with E-state index < -0.39 is 18.2 Å². The number of rotatable bonds is 5. The van der Waals surface area contributed by atoms with Crippen LogP contribution in [0.15, 0.2) is 0 Å². The van der Waals surface area contributed by atoms with Gasteiger partial charge in [-0.05, 0) is 26.8 Å². The van der Waals surface area contributed by atoms with Gasteiger partial charge in [-0.2, -0.15) is 13.2 Å². The number of halogens is 3. The first-order valence-corrected chi connectivity index (χ1v) is 4.24. The lowest BCUT2D eigenvalue weighted by molar-refractivity contribution is -0.184. The van der Waals surface area contributed by atoms with E-state index in [-0.39, 0.29) is 19.6 Å². The highest BCUT2D eigenvalue weighted by Gasteiger charge is 2.39. The van der Waals surface area contributed by atoms with Gasteiger partial charge in [0.2, 0.25) is 0 Å². The van der Waals surface area contributed by atoms with Crippen LogP contribution in [-0.4, -0.2) is 24.9 Å². The average molecular weight is 199 g/mol. The number of hydrogen-bond acceptors (Lipinski definition) is 2. The second-order valence-corrected chi connectivity index (χ2v) is 3.21. The average Bonchev–Trinajstić information content (AvgIpc) is 1.82. The molecule has 0 bridgehead atoms. The lowest BCUT2D eigenvalue weighted by Gasteiger charge is -2.29. The van der Waals surface area contributed by atoms with Gasteiger partial charge in [0, 0.05) is 6.61 Å². The summed E-state index contributed by atoms with van der Waals surface area (Å²) in [7, 11) is 0. The molecule has 0 heterocycles. The molecular formula is C8H16F3NO. The first-order chi connectivity index (χ1) is 5.83. The number of ether oxygens (including phenoxy) is 1. The van der Waals surface area contributed by atoms with Gasteiger partial charge in [0.15, 0.2) is 0 Å². The van der Waals surface area contributed by atoms with E-state index in [4.69, 9.17) is 10.5 Å². The molecule has 0 spiro atoms. The van der Waals surface area contributed by atoms with Crippen LogP contribution in [0.25, 0.3) is 0 Å². The summed E-state index contributed by atoms with van der Waals surface area (Å²) in [6, 6.07) is 0. The van der Waals surface area contributed by atoms with Gasteiger partial charge >= 0.3 is 6.18 Å². The van der Waals surface area contributed by atoms with E-state index in [9.17, 15) is 13.2 Å². The highest BCUT2D eigenvalue weighted by Crippen LogP contribution is 2.31. The summed E-state index contributed by atoms with van der Waals surface area (Å²) in [5.74, 6) is 0. The summed E-state index contributed by atoms with van der Waals surface area (Å²) < 4.78 is 41.3. The van der Waals surface area contributed by atoms with Crippen molar-refractivity contribution >= 4 is 0 Å². The maximum Gasteiger partial charge on any atom is 0.391 e. The van der Waals surface area contributed by atoms with Gasteiger partial charge in [0.25, 0.3) is 0 Å². The Labute approximate surface area is 76.2 Å². The Morgan fingerprint density at radius 2 is 1.85 bits per heavy atom. The second-order valence-electron chi connectivity index (χ2n) is 3.21. The molecule has 2 N–H and O–H groups in total. The topological polar surface area (TPSA) is 35.2 Å². The van der Waals surface area contributed by atoms with Crippen LogP contribution in [0.2, 0.25) is 0 Å². The Bertz CT molecular complexity index is 141. The zero-order valence-electron chi connectivity index (χ0n) is 7.95. The van der Waals surface area contributed by atoms with E-state index >= 15 is 0 Å². The van der Waals surface area contributed by atoms with Gasteiger partial charge in [-0.15, -0.1) is 0 Å². The van der Waals surface area contributed by atoms with Crippen LogP contribution < -0.4 is 5.73 Å². The molecule has 5 heteroatoms. The van der Waals surface area contributed by atoms with Crippen molar-refractivity contribution in [3.05, 3.63) is 0 Å². The highest BCUT2D eigenvalue weighted by atomic mass is 19.4. The largest absolute Gasteiger partial charge is 0.391 e. The molecule has 2 nitrogen and oxygen atoms in total. The second kappa shape index (κ2) is 4.81. The first kappa shape index (κ1) is 12.7. The summed E-state index contributed by atoms with van der Waals surface area (Å²) in [4.78, 5) is 0. The molecular weight excluding hydrogens is 183 g/mol. The standard InChI is InChI=1S/C8H16F3NO/c1-3-13-7(2,4-5-12)6-8(9,10)11/h3-6,12H2,1-2H3. The van der Waals surface area contributed by atoms with Crippen molar-refractivity contribution in [2.24, 2.45) is 5.73 Å². The van der Waals surface area contributed by atoms with Crippen molar-refractivity contribution < 1.29 is 17.9 Å². The smallest absolute Gasteiger partial charge is 0.375 e. The van der Waals surface area contributed by atoms with Gasteiger partial charge in [-0.1, -0.05) is 0 Å². The predicted molar refractivity (Wildman–Crippen MR) is 44.4 cm³/mol. The third-order valence-corrected chi connectivity index (χ3v) is 1.74. The van der Waals surface area contributed by atoms with Crippen LogP contribution in [0.4, 0.5) is 13.2 Å². The van der Waals surface area contributed by atoms with Crippen molar-refractivity contribution in [1.29, 1.82) is 0 Å². The minimum absolute atomic E-state index is 0.201. The maximum absolute atomic E-state index is 12.1. The molecule has 0 rings (SSSR count). The maximum atomic E-state index is 12.1. The highest BCUT2D eigenvalue weighted by molar-refractivity contribution is 4.79. The molecule has 1 atom stereocenters. The molecule has 0 amide bonds. The van der Waals surface area contributed by atoms with E-state index in [0.717, 1.165) is 0 Å². The van der Waals surface area contributed by atoms with Gasteiger partial charge in [0.05, 0.1) is 12.0 Å². The molecule has 0 aliphatic rings. The molecule has 0 aliphatic carbocycles. The first-order valence-electron chi connectivity index (χ1n) is 4.24. The van der Waals surface area contributed by atoms with Crippen molar-refractivity contribution in [1.82, 2.24) is 0 Å². The Morgan fingerprint density at radius 3 is 2.15 bits per heavy atom. The third kappa shape index (κ3) is 5.87. The minimum atomic E-state index is -4.20. The van der Waals surface area contributed by atoms with Crippen molar-refractivity contribution in [2.75, 3.05) is 13.2 Å². The molecule has 13 heavy (non-hydrogen) atoms. The van der Waals surface area contributed by atoms with Crippen LogP contribution >= 0.6 is 0 Å². The molecule has 80 valence electrons. The fraction of sp³-hybridized carbons (Fsp3) is 1.00. The number of nitrogens with two attached hydrogens (primary N) is 1. The van der Waals surface area contributed by atoms with Crippen LogP contribution in [0.3, 0.4) is 0 Å². The van der Waals surface area contributed by atoms with Gasteiger partial charge < -0.3 is 10.5 Å². The van der Waals surface area contributed by atoms with Crippen molar-refractivity contribution in [2.45, 2.75) is 38.5 Å². The lowest BCUT2D eigenvalue weighted by Crippen LogP contribution is -2.36. The van der Waals surface area contributed by atoms with E-state index in [1.807, 2.05) is 0 Å². The SMILES string of the molecule is CCOC(C)(CCN)CC(F)(F)F. The monoisotopic (exact) mass is 199 g/mol. The molecule has 0 saturated heterocycles. The Hall–Kier alpha value is -0.290. The van der Waals surface area contributed by atoms with Crippen LogP contribution in [0, 0.1) is 0 Å². The molecule has 0 radical (unpaired) electrons. The van der Waals surface area contributed by atoms with E-state index in [0.29, 0.717) is 0 Å². The van der Waals surface area contributed by atoms with Crippen LogP contribution in [0.5, 0.6) is 0 Å². The van der Waals surface area contributed by atoms with Crippen molar-refractivity contribution in [3.63, 3.8) is 0 Å². The molecule has 0 saturated carbocycles. The van der Waals surface area contributed by atoms with Gasteiger partial charge in [-0.3, -0.25) is 0 Å². The third-order valence-electron chi connectivity index (χ3n) is 1.74. The summed E-state index contributed by atoms with van der Waals surface area (Å²) in [6.07, 6.45) is -4.91. The summed E-state index contributed by atoms with van der Waals surface area (Å²) >= 11 is 0. The normalized spacial score (nSPS) is 17.1. The molecule has 0 aliphatic heterocycles. The fourth-order valence-electron chi connectivity index (χ4n) is 1.29. The van der Waals surface area contributed by atoms with Gasteiger partial charge in [-0.25, -0.2) is 0 Å². The molecule has 0 aromatic carbocycles. The van der Waals surface area contributed by atoms with Gasteiger partial charge in [0.1, 0.15) is 0 Å². The predicted octanol–water partition coefficient (Wildman–Crippen LogP) is 2.08. The lowest BCUT2D eigenvalue weighted by atomic mass is 9.97. The van der Waals surface area contributed by atoms with Crippen molar-refractivity contribution in [3.8, 4) is 0 Å². The van der Waals surface area contributed by atoms with E-state index in [2.05, 4.69) is 0 Å². The minimum Gasteiger partial charge on any atom is -0.375 e. The van der Waals surface area contributed by atoms with Crippen LogP contribution in [0.1, 0.15) is 26.7 Å². The number of alkyl halides is 3. The summed E-state index contributed by atoms with van der Waals surface area (Å²) in [6.45, 7) is 3.58. The Balaban J connectivity index is 4.22. The zero-order chi connectivity index (χ0) is 10.5. The van der Waals surface area contributed by atoms with Crippen LogP contribution in [-0.2, 0) is 4.74 Å². The molecule has 0 fully saturated rings.